The fourth-order valence-corrected chi connectivity index (χ4v) is 3.51. The first-order valence-electron chi connectivity index (χ1n) is 6.61. The number of carboxylic acid groups (broad SMARTS) is 1. The molecule has 1 aromatic rings. The van der Waals surface area contributed by atoms with Crippen molar-refractivity contribution in [3.05, 3.63) is 11.3 Å². The summed E-state index contributed by atoms with van der Waals surface area (Å²) >= 11 is 1.06. The van der Waals surface area contributed by atoms with E-state index in [0.29, 0.717) is 17.2 Å². The number of nitrogens with zero attached hydrogens (tertiary/aromatic N) is 2. The first kappa shape index (κ1) is 14.9. The molecule has 7 heteroatoms. The summed E-state index contributed by atoms with van der Waals surface area (Å²) in [5.41, 5.74) is 0.151. The molecule has 0 saturated carbocycles. The van der Waals surface area contributed by atoms with E-state index < -0.39 is 11.4 Å². The average molecular weight is 297 g/mol. The lowest BCUT2D eigenvalue weighted by Crippen LogP contribution is -2.43. The van der Waals surface area contributed by atoms with Crippen LogP contribution in [0.25, 0.3) is 0 Å². The third kappa shape index (κ3) is 2.31. The van der Waals surface area contributed by atoms with Gasteiger partial charge in [-0.2, -0.15) is 4.37 Å². The van der Waals surface area contributed by atoms with E-state index in [1.54, 1.807) is 14.0 Å². The highest BCUT2D eigenvalue weighted by molar-refractivity contribution is 7.11. The molecule has 0 aliphatic carbocycles. The van der Waals surface area contributed by atoms with Gasteiger partial charge in [-0.25, -0.2) is 4.79 Å². The van der Waals surface area contributed by atoms with Crippen LogP contribution in [0.15, 0.2) is 0 Å². The third-order valence-corrected chi connectivity index (χ3v) is 5.06. The van der Waals surface area contributed by atoms with Gasteiger partial charge in [0.2, 0.25) is 5.91 Å². The standard InChI is InChI=1S/C13H19N3O3S/c1-4-13(5-6-14-7-13)12(19)16(3)10-9(11(17)18)8(2)15-20-10/h14H,4-7H2,1-3H3,(H,17,18). The molecular formula is C13H19N3O3S. The van der Waals surface area contributed by atoms with Crippen LogP contribution in [0.3, 0.4) is 0 Å². The van der Waals surface area contributed by atoms with Gasteiger partial charge in [0.25, 0.3) is 0 Å². The van der Waals surface area contributed by atoms with Crippen LogP contribution in [0.5, 0.6) is 0 Å². The van der Waals surface area contributed by atoms with Crippen molar-refractivity contribution >= 4 is 28.4 Å². The predicted octanol–water partition coefficient (Wildman–Crippen LogP) is 1.50. The number of hydrogen-bond donors (Lipinski definition) is 2. The van der Waals surface area contributed by atoms with Crippen molar-refractivity contribution in [2.45, 2.75) is 26.7 Å². The molecule has 1 fully saturated rings. The number of hydrogen-bond acceptors (Lipinski definition) is 5. The quantitative estimate of drug-likeness (QED) is 0.880. The Hall–Kier alpha value is -1.47. The highest BCUT2D eigenvalue weighted by Crippen LogP contribution is 2.36. The van der Waals surface area contributed by atoms with Gasteiger partial charge in [0.1, 0.15) is 10.6 Å². The van der Waals surface area contributed by atoms with Crippen LogP contribution in [-0.4, -0.2) is 41.5 Å². The number of rotatable bonds is 4. The number of aromatic carboxylic acids is 1. The topological polar surface area (TPSA) is 82.5 Å². The van der Waals surface area contributed by atoms with Crippen LogP contribution < -0.4 is 10.2 Å². The zero-order valence-corrected chi connectivity index (χ0v) is 12.7. The number of carbonyl (C=O) groups is 2. The summed E-state index contributed by atoms with van der Waals surface area (Å²) < 4.78 is 4.07. The molecule has 1 atom stereocenters. The lowest BCUT2D eigenvalue weighted by atomic mass is 9.83. The minimum atomic E-state index is -1.04. The van der Waals surface area contributed by atoms with E-state index in [9.17, 15) is 14.7 Å². The minimum Gasteiger partial charge on any atom is -0.478 e. The lowest BCUT2D eigenvalue weighted by molar-refractivity contribution is -0.127. The molecule has 1 aromatic heterocycles. The Balaban J connectivity index is 2.34. The minimum absolute atomic E-state index is 0.0313. The van der Waals surface area contributed by atoms with Crippen molar-refractivity contribution in [2.75, 3.05) is 25.0 Å². The molecule has 6 nitrogen and oxygen atoms in total. The Morgan fingerprint density at radius 3 is 2.75 bits per heavy atom. The molecule has 20 heavy (non-hydrogen) atoms. The Morgan fingerprint density at radius 2 is 2.25 bits per heavy atom. The van der Waals surface area contributed by atoms with Gasteiger partial charge in [0.15, 0.2) is 0 Å². The Bertz CT molecular complexity index is 535. The normalized spacial score (nSPS) is 21.9. The smallest absolute Gasteiger partial charge is 0.340 e. The van der Waals surface area contributed by atoms with Gasteiger partial charge in [0.05, 0.1) is 11.1 Å². The van der Waals surface area contributed by atoms with Crippen LogP contribution in [0.1, 0.15) is 35.8 Å². The second kappa shape index (κ2) is 5.49. The Morgan fingerprint density at radius 1 is 1.55 bits per heavy atom. The number of carbonyl (C=O) groups excluding carboxylic acids is 1. The lowest BCUT2D eigenvalue weighted by Gasteiger charge is -2.30. The molecule has 0 spiro atoms. The number of amides is 1. The zero-order valence-electron chi connectivity index (χ0n) is 11.9. The van der Waals surface area contributed by atoms with Gasteiger partial charge in [-0.05, 0) is 37.8 Å². The summed E-state index contributed by atoms with van der Waals surface area (Å²) in [5.74, 6) is -1.07. The summed E-state index contributed by atoms with van der Waals surface area (Å²) in [6, 6.07) is 0. The van der Waals surface area contributed by atoms with Crippen LogP contribution >= 0.6 is 11.5 Å². The van der Waals surface area contributed by atoms with Crippen molar-refractivity contribution in [3.63, 3.8) is 0 Å². The zero-order chi connectivity index (χ0) is 14.9. The Kier molecular flexibility index (Phi) is 4.10. The van der Waals surface area contributed by atoms with Crippen LogP contribution in [0.2, 0.25) is 0 Å². The van der Waals surface area contributed by atoms with E-state index >= 15 is 0 Å². The number of carboxylic acids is 1. The third-order valence-electron chi connectivity index (χ3n) is 4.04. The van der Waals surface area contributed by atoms with E-state index in [1.807, 2.05) is 6.92 Å². The molecular weight excluding hydrogens is 278 g/mol. The van der Waals surface area contributed by atoms with E-state index in [4.69, 9.17) is 0 Å². The molecule has 1 amide bonds. The van der Waals surface area contributed by atoms with Crippen molar-refractivity contribution in [3.8, 4) is 0 Å². The number of nitrogens with one attached hydrogen (secondary N) is 1. The van der Waals surface area contributed by atoms with Crippen molar-refractivity contribution in [2.24, 2.45) is 5.41 Å². The number of anilines is 1. The summed E-state index contributed by atoms with van der Waals surface area (Å²) in [5, 5.41) is 12.9. The van der Waals surface area contributed by atoms with Crippen LogP contribution in [0.4, 0.5) is 5.00 Å². The molecule has 1 aliphatic rings. The molecule has 2 rings (SSSR count). The number of aryl methyl sites for hydroxylation is 1. The summed E-state index contributed by atoms with van der Waals surface area (Å²) in [6.07, 6.45) is 1.52. The van der Waals surface area contributed by atoms with Gasteiger partial charge in [-0.3, -0.25) is 4.79 Å². The van der Waals surface area contributed by atoms with Crippen LogP contribution in [-0.2, 0) is 4.79 Å². The van der Waals surface area contributed by atoms with E-state index in [1.165, 1.54) is 4.90 Å². The molecule has 1 saturated heterocycles. The largest absolute Gasteiger partial charge is 0.478 e. The second-order valence-electron chi connectivity index (χ2n) is 5.18. The summed E-state index contributed by atoms with van der Waals surface area (Å²) in [7, 11) is 1.64. The van der Waals surface area contributed by atoms with Crippen molar-refractivity contribution in [1.29, 1.82) is 0 Å². The van der Waals surface area contributed by atoms with Crippen LogP contribution in [0, 0.1) is 12.3 Å². The monoisotopic (exact) mass is 297 g/mol. The van der Waals surface area contributed by atoms with E-state index in [2.05, 4.69) is 9.69 Å². The molecule has 2 N–H and O–H groups in total. The first-order chi connectivity index (χ1) is 9.43. The van der Waals surface area contributed by atoms with Gasteiger partial charge in [0, 0.05) is 13.6 Å². The van der Waals surface area contributed by atoms with E-state index in [-0.39, 0.29) is 11.5 Å². The molecule has 0 bridgehead atoms. The highest BCUT2D eigenvalue weighted by atomic mass is 32.1. The molecule has 1 aliphatic heterocycles. The maximum Gasteiger partial charge on any atom is 0.340 e. The van der Waals surface area contributed by atoms with Gasteiger partial charge < -0.3 is 15.3 Å². The number of aromatic nitrogens is 1. The average Bonchev–Trinajstić information content (AvgIpc) is 3.04. The molecule has 110 valence electrons. The summed E-state index contributed by atoms with van der Waals surface area (Å²) in [4.78, 5) is 25.5. The molecule has 0 aromatic carbocycles. The Labute approximate surface area is 122 Å². The molecule has 2 heterocycles. The highest BCUT2D eigenvalue weighted by Gasteiger charge is 2.42. The SMILES string of the molecule is CCC1(C(=O)N(C)c2snc(C)c2C(=O)O)CCNC1. The summed E-state index contributed by atoms with van der Waals surface area (Å²) in [6.45, 7) is 5.11. The molecule has 0 radical (unpaired) electrons. The van der Waals surface area contributed by atoms with Crippen molar-refractivity contribution in [1.82, 2.24) is 9.69 Å². The van der Waals surface area contributed by atoms with Gasteiger partial charge >= 0.3 is 5.97 Å². The first-order valence-corrected chi connectivity index (χ1v) is 7.38. The second-order valence-corrected chi connectivity index (χ2v) is 5.93. The maximum absolute atomic E-state index is 12.8. The fourth-order valence-electron chi connectivity index (χ4n) is 2.66. The van der Waals surface area contributed by atoms with Crippen molar-refractivity contribution < 1.29 is 14.7 Å². The predicted molar refractivity (Wildman–Crippen MR) is 77.4 cm³/mol. The van der Waals surface area contributed by atoms with Gasteiger partial charge in [-0.15, -0.1) is 0 Å². The van der Waals surface area contributed by atoms with E-state index in [0.717, 1.165) is 30.9 Å². The fraction of sp³-hybridized carbons (Fsp3) is 0.615. The molecule has 1 unspecified atom stereocenters. The maximum atomic E-state index is 12.8. The van der Waals surface area contributed by atoms with Gasteiger partial charge in [-0.1, -0.05) is 6.92 Å².